The summed E-state index contributed by atoms with van der Waals surface area (Å²) in [5, 5.41) is 2.77. The van der Waals surface area contributed by atoms with Gasteiger partial charge in [-0.15, -0.1) is 0 Å². The molecule has 2 heterocycles. The SMILES string of the molecule is Cc1cc(F)c(-c2ccc(=O)n(C)c2)cc1CC(=O)C1=CN(C)C(=O)N[C@H]1c1ccc(F)cc1. The summed E-state index contributed by atoms with van der Waals surface area (Å²) >= 11 is 0. The van der Waals surface area contributed by atoms with Crippen molar-refractivity contribution in [1.29, 1.82) is 0 Å². The number of hydrogen-bond acceptors (Lipinski definition) is 3. The second-order valence-corrected chi connectivity index (χ2v) is 8.35. The van der Waals surface area contributed by atoms with E-state index in [0.29, 0.717) is 27.8 Å². The molecule has 1 atom stereocenters. The molecule has 174 valence electrons. The number of aromatic nitrogens is 1. The van der Waals surface area contributed by atoms with Crippen molar-refractivity contribution >= 4 is 11.8 Å². The maximum atomic E-state index is 14.8. The number of Topliss-reactive ketones (excluding diaryl/α,β-unsaturated/α-hetero) is 1. The zero-order valence-electron chi connectivity index (χ0n) is 18.9. The Morgan fingerprint density at radius 1 is 1.03 bits per heavy atom. The third-order valence-electron chi connectivity index (χ3n) is 5.93. The van der Waals surface area contributed by atoms with Crippen LogP contribution in [0.2, 0.25) is 0 Å². The number of halogens is 2. The summed E-state index contributed by atoms with van der Waals surface area (Å²) in [5.74, 6) is -1.14. The molecule has 6 nitrogen and oxygen atoms in total. The van der Waals surface area contributed by atoms with E-state index in [1.807, 2.05) is 0 Å². The molecule has 4 rings (SSSR count). The van der Waals surface area contributed by atoms with Gasteiger partial charge in [-0.3, -0.25) is 9.59 Å². The molecule has 0 radical (unpaired) electrons. The zero-order chi connectivity index (χ0) is 24.6. The normalized spacial score (nSPS) is 15.7. The highest BCUT2D eigenvalue weighted by atomic mass is 19.1. The molecule has 1 aromatic heterocycles. The van der Waals surface area contributed by atoms with Gasteiger partial charge in [-0.25, -0.2) is 13.6 Å². The topological polar surface area (TPSA) is 71.4 Å². The molecule has 0 fully saturated rings. The molecule has 0 saturated heterocycles. The summed E-state index contributed by atoms with van der Waals surface area (Å²) in [6, 6.07) is 10.3. The quantitative estimate of drug-likeness (QED) is 0.621. The van der Waals surface area contributed by atoms with Gasteiger partial charge in [0.05, 0.1) is 6.04 Å². The maximum absolute atomic E-state index is 14.8. The Kier molecular flexibility index (Phi) is 6.15. The van der Waals surface area contributed by atoms with Crippen LogP contribution in [0.3, 0.4) is 0 Å². The van der Waals surface area contributed by atoms with Gasteiger partial charge in [-0.2, -0.15) is 0 Å². The Morgan fingerprint density at radius 2 is 1.74 bits per heavy atom. The molecule has 0 saturated carbocycles. The van der Waals surface area contributed by atoms with Gasteiger partial charge in [0.2, 0.25) is 5.56 Å². The molecule has 34 heavy (non-hydrogen) atoms. The minimum absolute atomic E-state index is 0.0296. The molecule has 1 aliphatic rings. The highest BCUT2D eigenvalue weighted by molar-refractivity contribution is 6.00. The van der Waals surface area contributed by atoms with E-state index in [2.05, 4.69) is 5.32 Å². The van der Waals surface area contributed by atoms with Crippen LogP contribution in [-0.2, 0) is 18.3 Å². The number of urea groups is 1. The molecule has 0 unspecified atom stereocenters. The maximum Gasteiger partial charge on any atom is 0.321 e. The van der Waals surface area contributed by atoms with E-state index in [4.69, 9.17) is 0 Å². The first-order valence-corrected chi connectivity index (χ1v) is 10.6. The number of aryl methyl sites for hydroxylation is 2. The lowest BCUT2D eigenvalue weighted by atomic mass is 9.90. The second-order valence-electron chi connectivity index (χ2n) is 8.35. The van der Waals surface area contributed by atoms with Crippen molar-refractivity contribution < 1.29 is 18.4 Å². The van der Waals surface area contributed by atoms with Gasteiger partial charge in [0.1, 0.15) is 11.6 Å². The fraction of sp³-hybridized carbons (Fsp3) is 0.192. The number of amides is 2. The molecule has 1 aliphatic heterocycles. The molecular formula is C26H23F2N3O3. The third kappa shape index (κ3) is 4.52. The first-order valence-electron chi connectivity index (χ1n) is 10.6. The smallest absolute Gasteiger partial charge is 0.321 e. The molecule has 1 N–H and O–H groups in total. The predicted molar refractivity (Wildman–Crippen MR) is 124 cm³/mol. The first kappa shape index (κ1) is 23.1. The molecule has 0 spiro atoms. The zero-order valence-corrected chi connectivity index (χ0v) is 18.9. The van der Waals surface area contributed by atoms with Gasteiger partial charge in [0.25, 0.3) is 0 Å². The molecule has 0 bridgehead atoms. The lowest BCUT2D eigenvalue weighted by Crippen LogP contribution is -2.43. The summed E-state index contributed by atoms with van der Waals surface area (Å²) in [4.78, 5) is 38.6. The molecular weight excluding hydrogens is 440 g/mol. The molecule has 2 aromatic carbocycles. The van der Waals surface area contributed by atoms with E-state index in [9.17, 15) is 23.2 Å². The van der Waals surface area contributed by atoms with Crippen molar-refractivity contribution in [3.8, 4) is 11.1 Å². The Morgan fingerprint density at radius 3 is 2.41 bits per heavy atom. The number of carbonyl (C=O) groups excluding carboxylic acids is 2. The van der Waals surface area contributed by atoms with Crippen molar-refractivity contribution in [1.82, 2.24) is 14.8 Å². The molecule has 2 amide bonds. The first-order chi connectivity index (χ1) is 16.1. The Balaban J connectivity index is 1.69. The highest BCUT2D eigenvalue weighted by Crippen LogP contribution is 2.30. The third-order valence-corrected chi connectivity index (χ3v) is 5.93. The fourth-order valence-electron chi connectivity index (χ4n) is 3.95. The monoisotopic (exact) mass is 463 g/mol. The number of carbonyl (C=O) groups is 2. The van der Waals surface area contributed by atoms with Gasteiger partial charge < -0.3 is 14.8 Å². The number of hydrogen-bond donors (Lipinski definition) is 1. The number of benzene rings is 2. The van der Waals surface area contributed by atoms with Crippen LogP contribution in [0.4, 0.5) is 13.6 Å². The van der Waals surface area contributed by atoms with Crippen LogP contribution in [0.5, 0.6) is 0 Å². The average Bonchev–Trinajstić information content (AvgIpc) is 2.79. The van der Waals surface area contributed by atoms with E-state index < -0.39 is 17.7 Å². The van der Waals surface area contributed by atoms with Crippen molar-refractivity contribution in [3.05, 3.63) is 105 Å². The fourth-order valence-corrected chi connectivity index (χ4v) is 3.95. The van der Waals surface area contributed by atoms with Crippen LogP contribution >= 0.6 is 0 Å². The lowest BCUT2D eigenvalue weighted by Gasteiger charge is -2.30. The van der Waals surface area contributed by atoms with Gasteiger partial charge in [-0.05, 0) is 53.9 Å². The van der Waals surface area contributed by atoms with Crippen LogP contribution in [0.15, 0.2) is 71.3 Å². The van der Waals surface area contributed by atoms with Crippen molar-refractivity contribution in [2.24, 2.45) is 7.05 Å². The lowest BCUT2D eigenvalue weighted by molar-refractivity contribution is -0.115. The van der Waals surface area contributed by atoms with Gasteiger partial charge >= 0.3 is 6.03 Å². The number of nitrogens with zero attached hydrogens (tertiary/aromatic N) is 2. The van der Waals surface area contributed by atoms with Gasteiger partial charge in [0, 0.05) is 55.7 Å². The summed E-state index contributed by atoms with van der Waals surface area (Å²) in [6.45, 7) is 1.72. The van der Waals surface area contributed by atoms with E-state index in [0.717, 1.165) is 0 Å². The predicted octanol–water partition coefficient (Wildman–Crippen LogP) is 4.03. The van der Waals surface area contributed by atoms with E-state index in [1.165, 1.54) is 59.1 Å². The van der Waals surface area contributed by atoms with E-state index in [-0.39, 0.29) is 29.4 Å². The van der Waals surface area contributed by atoms with E-state index >= 15 is 0 Å². The van der Waals surface area contributed by atoms with Crippen molar-refractivity contribution in [2.45, 2.75) is 19.4 Å². The van der Waals surface area contributed by atoms with E-state index in [1.54, 1.807) is 32.3 Å². The summed E-state index contributed by atoms with van der Waals surface area (Å²) in [7, 11) is 3.11. The summed E-state index contributed by atoms with van der Waals surface area (Å²) < 4.78 is 29.6. The van der Waals surface area contributed by atoms with Gasteiger partial charge in [0.15, 0.2) is 5.78 Å². The Hall–Kier alpha value is -4.07. The minimum atomic E-state index is -0.735. The number of ketones is 1. The summed E-state index contributed by atoms with van der Waals surface area (Å²) in [5.41, 5.74) is 2.71. The summed E-state index contributed by atoms with van der Waals surface area (Å²) in [6.07, 6.45) is 2.99. The average molecular weight is 463 g/mol. The Labute approximate surface area is 195 Å². The number of rotatable bonds is 5. The number of nitrogens with one attached hydrogen (secondary N) is 1. The number of pyridine rings is 1. The van der Waals surface area contributed by atoms with Crippen molar-refractivity contribution in [2.75, 3.05) is 7.05 Å². The van der Waals surface area contributed by atoms with Crippen LogP contribution in [0.1, 0.15) is 22.7 Å². The van der Waals surface area contributed by atoms with Crippen LogP contribution in [0.25, 0.3) is 11.1 Å². The van der Waals surface area contributed by atoms with Crippen molar-refractivity contribution in [3.63, 3.8) is 0 Å². The minimum Gasteiger partial charge on any atom is -0.327 e. The second kappa shape index (κ2) is 9.05. The molecule has 3 aromatic rings. The highest BCUT2D eigenvalue weighted by Gasteiger charge is 2.30. The Bertz CT molecular complexity index is 1380. The van der Waals surface area contributed by atoms with Crippen LogP contribution < -0.4 is 10.9 Å². The van der Waals surface area contributed by atoms with Crippen LogP contribution in [-0.4, -0.2) is 28.3 Å². The standard InChI is InChI=1S/C26H23F2N3O3/c1-15-10-22(28)20(17-6-9-24(33)30(2)13-17)11-18(15)12-23(32)21-14-31(3)26(34)29-25(21)16-4-7-19(27)8-5-16/h4-11,13-14,25H,12H2,1-3H3,(H,29,34)/t25-/m0/s1. The molecule has 0 aliphatic carbocycles. The van der Waals surface area contributed by atoms with Gasteiger partial charge in [-0.1, -0.05) is 12.1 Å². The van der Waals surface area contributed by atoms with Crippen LogP contribution in [0, 0.1) is 18.6 Å². The largest absolute Gasteiger partial charge is 0.327 e. The molecule has 8 heteroatoms.